The third-order valence-electron chi connectivity index (χ3n) is 3.17. The Kier molecular flexibility index (Phi) is 2.87. The van der Waals surface area contributed by atoms with Gasteiger partial charge in [0.15, 0.2) is 0 Å². The zero-order valence-corrected chi connectivity index (χ0v) is 8.69. The minimum absolute atomic E-state index is 0.317. The summed E-state index contributed by atoms with van der Waals surface area (Å²) < 4.78 is 1.88. The molecule has 1 aromatic heterocycles. The van der Waals surface area contributed by atoms with Gasteiger partial charge >= 0.3 is 0 Å². The van der Waals surface area contributed by atoms with Gasteiger partial charge in [-0.25, -0.2) is 0 Å². The number of aryl methyl sites for hydroxylation is 1. The molecule has 0 radical (unpaired) electrons. The van der Waals surface area contributed by atoms with E-state index in [1.807, 2.05) is 17.7 Å². The number of hydrogen-bond acceptors (Lipinski definition) is 2. The maximum absolute atomic E-state index is 10.00. The molecule has 1 saturated carbocycles. The molecule has 1 fully saturated rings. The van der Waals surface area contributed by atoms with Crippen LogP contribution in [-0.4, -0.2) is 14.9 Å². The van der Waals surface area contributed by atoms with Gasteiger partial charge in [-0.3, -0.25) is 4.68 Å². The van der Waals surface area contributed by atoms with Gasteiger partial charge in [-0.2, -0.15) is 5.10 Å². The number of aliphatic hydroxyl groups is 1. The largest absolute Gasteiger partial charge is 0.387 e. The van der Waals surface area contributed by atoms with E-state index in [1.165, 1.54) is 19.3 Å². The van der Waals surface area contributed by atoms with E-state index in [-0.39, 0.29) is 6.10 Å². The molecule has 2 rings (SSSR count). The summed E-state index contributed by atoms with van der Waals surface area (Å²) in [5, 5.41) is 14.2. The summed E-state index contributed by atoms with van der Waals surface area (Å²) in [6.07, 6.45) is 6.27. The molecule has 0 amide bonds. The van der Waals surface area contributed by atoms with Crippen LogP contribution in [0.15, 0.2) is 12.3 Å². The van der Waals surface area contributed by atoms with Crippen LogP contribution in [0, 0.1) is 5.92 Å². The fourth-order valence-electron chi connectivity index (χ4n) is 2.06. The molecule has 1 heterocycles. The summed E-state index contributed by atoms with van der Waals surface area (Å²) >= 11 is 0. The molecule has 14 heavy (non-hydrogen) atoms. The van der Waals surface area contributed by atoms with Crippen molar-refractivity contribution >= 4 is 0 Å². The van der Waals surface area contributed by atoms with E-state index in [9.17, 15) is 5.11 Å². The monoisotopic (exact) mass is 194 g/mol. The van der Waals surface area contributed by atoms with Crippen LogP contribution in [0.1, 0.15) is 44.4 Å². The maximum Gasteiger partial charge on any atom is 0.0959 e. The molecule has 0 saturated heterocycles. The Balaban J connectivity index is 1.98. The zero-order chi connectivity index (χ0) is 9.97. The summed E-state index contributed by atoms with van der Waals surface area (Å²) in [6, 6.07) is 1.92. The van der Waals surface area contributed by atoms with Crippen molar-refractivity contribution in [2.45, 2.75) is 45.3 Å². The van der Waals surface area contributed by atoms with Crippen LogP contribution in [0.4, 0.5) is 0 Å². The molecular weight excluding hydrogens is 176 g/mol. The predicted octanol–water partition coefficient (Wildman–Crippen LogP) is 2.13. The first-order chi connectivity index (χ1) is 6.81. The van der Waals surface area contributed by atoms with Gasteiger partial charge in [0.25, 0.3) is 0 Å². The lowest BCUT2D eigenvalue weighted by Crippen LogP contribution is -2.17. The molecule has 1 unspecified atom stereocenters. The van der Waals surface area contributed by atoms with Crippen molar-refractivity contribution in [1.82, 2.24) is 9.78 Å². The molecule has 3 heteroatoms. The van der Waals surface area contributed by atoms with Gasteiger partial charge in [0.1, 0.15) is 0 Å². The smallest absolute Gasteiger partial charge is 0.0959 e. The number of nitrogens with zero attached hydrogens (tertiary/aromatic N) is 2. The summed E-state index contributed by atoms with van der Waals surface area (Å²) in [5.74, 6) is 0.741. The SMILES string of the molecule is CCn1nccc1C(O)CC1CCC1. The highest BCUT2D eigenvalue weighted by Crippen LogP contribution is 2.34. The fraction of sp³-hybridized carbons (Fsp3) is 0.727. The van der Waals surface area contributed by atoms with Crippen molar-refractivity contribution in [3.05, 3.63) is 18.0 Å². The van der Waals surface area contributed by atoms with E-state index in [2.05, 4.69) is 5.10 Å². The van der Waals surface area contributed by atoms with Crippen molar-refractivity contribution in [2.75, 3.05) is 0 Å². The third kappa shape index (κ3) is 1.82. The van der Waals surface area contributed by atoms with E-state index in [1.54, 1.807) is 6.20 Å². The summed E-state index contributed by atoms with van der Waals surface area (Å²) in [4.78, 5) is 0. The lowest BCUT2D eigenvalue weighted by molar-refractivity contribution is 0.110. The van der Waals surface area contributed by atoms with E-state index in [0.29, 0.717) is 0 Å². The lowest BCUT2D eigenvalue weighted by atomic mass is 9.81. The number of hydrogen-bond donors (Lipinski definition) is 1. The zero-order valence-electron chi connectivity index (χ0n) is 8.69. The van der Waals surface area contributed by atoms with Gasteiger partial charge in [0.05, 0.1) is 11.8 Å². The maximum atomic E-state index is 10.00. The van der Waals surface area contributed by atoms with Gasteiger partial charge in [-0.05, 0) is 25.3 Å². The second-order valence-electron chi connectivity index (χ2n) is 4.12. The van der Waals surface area contributed by atoms with E-state index in [0.717, 1.165) is 24.6 Å². The minimum Gasteiger partial charge on any atom is -0.387 e. The van der Waals surface area contributed by atoms with Crippen LogP contribution >= 0.6 is 0 Å². The Morgan fingerprint density at radius 3 is 3.00 bits per heavy atom. The minimum atomic E-state index is -0.317. The van der Waals surface area contributed by atoms with E-state index >= 15 is 0 Å². The Hall–Kier alpha value is -0.830. The van der Waals surface area contributed by atoms with Crippen LogP contribution in [0.3, 0.4) is 0 Å². The highest BCUT2D eigenvalue weighted by molar-refractivity contribution is 5.04. The first kappa shape index (κ1) is 9.71. The Morgan fingerprint density at radius 2 is 2.43 bits per heavy atom. The van der Waals surface area contributed by atoms with E-state index < -0.39 is 0 Å². The molecule has 1 aliphatic carbocycles. The molecule has 1 atom stereocenters. The molecule has 0 spiro atoms. The summed E-state index contributed by atoms with van der Waals surface area (Å²) in [7, 11) is 0. The molecule has 3 nitrogen and oxygen atoms in total. The Labute approximate surface area is 84.7 Å². The van der Waals surface area contributed by atoms with Crippen LogP contribution in [0.5, 0.6) is 0 Å². The summed E-state index contributed by atoms with van der Waals surface area (Å²) in [6.45, 7) is 2.89. The average Bonchev–Trinajstić information content (AvgIpc) is 2.58. The Bertz CT molecular complexity index is 291. The van der Waals surface area contributed by atoms with Crippen molar-refractivity contribution < 1.29 is 5.11 Å². The van der Waals surface area contributed by atoms with Crippen LogP contribution < -0.4 is 0 Å². The van der Waals surface area contributed by atoms with Crippen molar-refractivity contribution in [2.24, 2.45) is 5.92 Å². The molecule has 78 valence electrons. The number of aliphatic hydroxyl groups excluding tert-OH is 1. The second kappa shape index (κ2) is 4.13. The number of aromatic nitrogens is 2. The lowest BCUT2D eigenvalue weighted by Gasteiger charge is -2.27. The summed E-state index contributed by atoms with van der Waals surface area (Å²) in [5.41, 5.74) is 0.972. The van der Waals surface area contributed by atoms with Crippen molar-refractivity contribution in [3.8, 4) is 0 Å². The normalized spacial score (nSPS) is 19.3. The predicted molar refractivity (Wildman–Crippen MR) is 54.8 cm³/mol. The van der Waals surface area contributed by atoms with Gasteiger partial charge in [-0.1, -0.05) is 19.3 Å². The molecule has 1 N–H and O–H groups in total. The highest BCUT2D eigenvalue weighted by Gasteiger charge is 2.23. The highest BCUT2D eigenvalue weighted by atomic mass is 16.3. The van der Waals surface area contributed by atoms with Crippen molar-refractivity contribution in [3.63, 3.8) is 0 Å². The second-order valence-corrected chi connectivity index (χ2v) is 4.12. The number of rotatable bonds is 4. The van der Waals surface area contributed by atoms with Gasteiger partial charge in [0, 0.05) is 12.7 Å². The van der Waals surface area contributed by atoms with Gasteiger partial charge in [-0.15, -0.1) is 0 Å². The van der Waals surface area contributed by atoms with Gasteiger partial charge < -0.3 is 5.11 Å². The fourth-order valence-corrected chi connectivity index (χ4v) is 2.06. The molecular formula is C11H18N2O. The first-order valence-corrected chi connectivity index (χ1v) is 5.51. The first-order valence-electron chi connectivity index (χ1n) is 5.51. The van der Waals surface area contributed by atoms with Crippen molar-refractivity contribution in [1.29, 1.82) is 0 Å². The van der Waals surface area contributed by atoms with Crippen LogP contribution in [0.2, 0.25) is 0 Å². The third-order valence-corrected chi connectivity index (χ3v) is 3.17. The quantitative estimate of drug-likeness (QED) is 0.797. The molecule has 0 aliphatic heterocycles. The molecule has 0 bridgehead atoms. The molecule has 1 aliphatic rings. The van der Waals surface area contributed by atoms with Gasteiger partial charge in [0.2, 0.25) is 0 Å². The molecule has 0 aromatic carbocycles. The average molecular weight is 194 g/mol. The van der Waals surface area contributed by atoms with E-state index in [4.69, 9.17) is 0 Å². The van der Waals surface area contributed by atoms with Crippen LogP contribution in [-0.2, 0) is 6.54 Å². The topological polar surface area (TPSA) is 38.0 Å². The standard InChI is InChI=1S/C11H18N2O/c1-2-13-10(6-7-12-13)11(14)8-9-4-3-5-9/h6-7,9,11,14H,2-5,8H2,1H3. The Morgan fingerprint density at radius 1 is 1.64 bits per heavy atom. The van der Waals surface area contributed by atoms with Crippen LogP contribution in [0.25, 0.3) is 0 Å². The molecule has 1 aromatic rings.